The second kappa shape index (κ2) is 5.81. The van der Waals surface area contributed by atoms with Gasteiger partial charge in [-0.3, -0.25) is 9.58 Å². The van der Waals surface area contributed by atoms with Crippen LogP contribution in [0, 0.1) is 0 Å². The van der Waals surface area contributed by atoms with Crippen molar-refractivity contribution >= 4 is 0 Å². The van der Waals surface area contributed by atoms with Crippen LogP contribution in [-0.4, -0.2) is 50.6 Å². The molecule has 0 spiro atoms. The van der Waals surface area contributed by atoms with Crippen LogP contribution in [0.15, 0.2) is 23.0 Å². The van der Waals surface area contributed by atoms with Crippen molar-refractivity contribution in [3.63, 3.8) is 0 Å². The lowest BCUT2D eigenvalue weighted by Crippen LogP contribution is -2.45. The Balaban J connectivity index is 1.39. The molecular weight excluding hydrogens is 282 g/mol. The first-order chi connectivity index (χ1) is 10.8. The van der Waals surface area contributed by atoms with Crippen molar-refractivity contribution in [3.8, 4) is 0 Å². The van der Waals surface area contributed by atoms with Crippen molar-refractivity contribution < 1.29 is 9.26 Å². The zero-order valence-electron chi connectivity index (χ0n) is 12.8. The molecule has 7 heteroatoms. The van der Waals surface area contributed by atoms with Gasteiger partial charge in [0.2, 0.25) is 5.89 Å². The van der Waals surface area contributed by atoms with Crippen LogP contribution in [0.2, 0.25) is 0 Å². The van der Waals surface area contributed by atoms with Gasteiger partial charge in [0.25, 0.3) is 0 Å². The summed E-state index contributed by atoms with van der Waals surface area (Å²) >= 11 is 0. The van der Waals surface area contributed by atoms with Gasteiger partial charge in [0.05, 0.1) is 25.3 Å². The van der Waals surface area contributed by atoms with Crippen molar-refractivity contribution in [2.75, 3.05) is 19.7 Å². The van der Waals surface area contributed by atoms with E-state index in [9.17, 15) is 0 Å². The topological polar surface area (TPSA) is 69.2 Å². The van der Waals surface area contributed by atoms with E-state index in [0.717, 1.165) is 38.0 Å². The molecule has 2 aliphatic rings. The third kappa shape index (κ3) is 2.91. The van der Waals surface area contributed by atoms with Crippen LogP contribution < -0.4 is 0 Å². The molecule has 22 heavy (non-hydrogen) atoms. The molecule has 2 aromatic rings. The summed E-state index contributed by atoms with van der Waals surface area (Å²) in [5.41, 5.74) is 0. The summed E-state index contributed by atoms with van der Waals surface area (Å²) in [7, 11) is 0. The average Bonchev–Trinajstić information content (AvgIpc) is 3.06. The van der Waals surface area contributed by atoms with E-state index in [0.29, 0.717) is 5.92 Å². The second-order valence-corrected chi connectivity index (χ2v) is 6.16. The molecule has 118 valence electrons. The lowest BCUT2D eigenvalue weighted by atomic mass is 10.2. The van der Waals surface area contributed by atoms with E-state index in [4.69, 9.17) is 9.26 Å². The van der Waals surface area contributed by atoms with E-state index in [1.807, 2.05) is 16.9 Å². The summed E-state index contributed by atoms with van der Waals surface area (Å²) in [5.74, 6) is 2.13. The smallest absolute Gasteiger partial charge is 0.243 e. The van der Waals surface area contributed by atoms with E-state index in [2.05, 4.69) is 27.1 Å². The third-order valence-electron chi connectivity index (χ3n) is 4.43. The van der Waals surface area contributed by atoms with E-state index in [-0.39, 0.29) is 12.1 Å². The first-order valence-electron chi connectivity index (χ1n) is 7.96. The summed E-state index contributed by atoms with van der Waals surface area (Å²) in [6, 6.07) is 2.06. The maximum absolute atomic E-state index is 5.85. The predicted molar refractivity (Wildman–Crippen MR) is 78.2 cm³/mol. The standard InChI is InChI=1S/C15H21N5O2/c1-11(15-17-14(18-22-15)12-3-4-12)19-7-8-21-13(9-19)10-20-6-2-5-16-20/h2,5-6,11-13H,3-4,7-10H2,1H3. The third-order valence-corrected chi connectivity index (χ3v) is 4.43. The molecule has 0 amide bonds. The first kappa shape index (κ1) is 13.9. The molecule has 3 heterocycles. The molecule has 4 rings (SSSR count). The molecular formula is C15H21N5O2. The highest BCUT2D eigenvalue weighted by Crippen LogP contribution is 2.38. The van der Waals surface area contributed by atoms with Crippen molar-refractivity contribution in [2.45, 2.75) is 44.4 Å². The lowest BCUT2D eigenvalue weighted by molar-refractivity contribution is -0.0532. The summed E-state index contributed by atoms with van der Waals surface area (Å²) < 4.78 is 13.2. The summed E-state index contributed by atoms with van der Waals surface area (Å²) in [6.45, 7) is 5.35. The largest absolute Gasteiger partial charge is 0.374 e. The maximum atomic E-state index is 5.85. The van der Waals surface area contributed by atoms with Crippen molar-refractivity contribution in [1.29, 1.82) is 0 Å². The lowest BCUT2D eigenvalue weighted by Gasteiger charge is -2.35. The molecule has 0 N–H and O–H groups in total. The van der Waals surface area contributed by atoms with Crippen LogP contribution >= 0.6 is 0 Å². The van der Waals surface area contributed by atoms with Gasteiger partial charge in [-0.1, -0.05) is 5.16 Å². The Bertz CT molecular complexity index is 607. The summed E-state index contributed by atoms with van der Waals surface area (Å²) in [5, 5.41) is 8.36. The molecule has 2 aromatic heterocycles. The molecule has 1 aliphatic heterocycles. The SMILES string of the molecule is CC(c1nc(C2CC2)no1)N1CCOC(Cn2cccn2)C1. The fraction of sp³-hybridized carbons (Fsp3) is 0.667. The monoisotopic (exact) mass is 303 g/mol. The molecule has 0 bridgehead atoms. The van der Waals surface area contributed by atoms with Crippen LogP contribution in [0.1, 0.15) is 43.4 Å². The normalized spacial score (nSPS) is 24.5. The number of hydrogen-bond acceptors (Lipinski definition) is 6. The van der Waals surface area contributed by atoms with Crippen molar-refractivity contribution in [2.24, 2.45) is 0 Å². The Hall–Kier alpha value is -1.73. The Morgan fingerprint density at radius 2 is 2.32 bits per heavy atom. The second-order valence-electron chi connectivity index (χ2n) is 6.16. The van der Waals surface area contributed by atoms with Gasteiger partial charge in [0.15, 0.2) is 5.82 Å². The van der Waals surface area contributed by atoms with E-state index in [1.54, 1.807) is 6.20 Å². The molecule has 7 nitrogen and oxygen atoms in total. The zero-order chi connectivity index (χ0) is 14.9. The highest BCUT2D eigenvalue weighted by Gasteiger charge is 2.32. The highest BCUT2D eigenvalue weighted by atomic mass is 16.5. The van der Waals surface area contributed by atoms with Gasteiger partial charge in [0.1, 0.15) is 0 Å². The van der Waals surface area contributed by atoms with Crippen LogP contribution in [-0.2, 0) is 11.3 Å². The quantitative estimate of drug-likeness (QED) is 0.836. The Kier molecular flexibility index (Phi) is 3.67. The van der Waals surface area contributed by atoms with Crippen LogP contribution in [0.3, 0.4) is 0 Å². The average molecular weight is 303 g/mol. The Labute approximate surface area is 129 Å². The van der Waals surface area contributed by atoms with Gasteiger partial charge in [-0.05, 0) is 25.8 Å². The van der Waals surface area contributed by atoms with Crippen LogP contribution in [0.25, 0.3) is 0 Å². The van der Waals surface area contributed by atoms with E-state index >= 15 is 0 Å². The molecule has 2 unspecified atom stereocenters. The van der Waals surface area contributed by atoms with Gasteiger partial charge in [0, 0.05) is 31.4 Å². The molecule has 1 aliphatic carbocycles. The summed E-state index contributed by atoms with van der Waals surface area (Å²) in [6.07, 6.45) is 6.28. The molecule has 0 aromatic carbocycles. The fourth-order valence-corrected chi connectivity index (χ4v) is 2.90. The van der Waals surface area contributed by atoms with E-state index in [1.165, 1.54) is 12.8 Å². The Morgan fingerprint density at radius 1 is 1.41 bits per heavy atom. The predicted octanol–water partition coefficient (Wildman–Crippen LogP) is 1.61. The molecule has 1 saturated carbocycles. The van der Waals surface area contributed by atoms with Gasteiger partial charge in [-0.2, -0.15) is 10.1 Å². The van der Waals surface area contributed by atoms with Crippen molar-refractivity contribution in [1.82, 2.24) is 24.8 Å². The van der Waals surface area contributed by atoms with E-state index < -0.39 is 0 Å². The fourth-order valence-electron chi connectivity index (χ4n) is 2.90. The number of aromatic nitrogens is 4. The minimum absolute atomic E-state index is 0.129. The highest BCUT2D eigenvalue weighted by molar-refractivity contribution is 5.04. The van der Waals surface area contributed by atoms with Gasteiger partial charge >= 0.3 is 0 Å². The minimum Gasteiger partial charge on any atom is -0.374 e. The first-order valence-corrected chi connectivity index (χ1v) is 7.96. The van der Waals surface area contributed by atoms with Crippen molar-refractivity contribution in [3.05, 3.63) is 30.2 Å². The number of hydrogen-bond donors (Lipinski definition) is 0. The molecule has 2 atom stereocenters. The number of morpholine rings is 1. The van der Waals surface area contributed by atoms with Crippen LogP contribution in [0.4, 0.5) is 0 Å². The van der Waals surface area contributed by atoms with Gasteiger partial charge in [-0.15, -0.1) is 0 Å². The maximum Gasteiger partial charge on any atom is 0.243 e. The number of ether oxygens (including phenoxy) is 1. The molecule has 1 saturated heterocycles. The van der Waals surface area contributed by atoms with Gasteiger partial charge < -0.3 is 9.26 Å². The van der Waals surface area contributed by atoms with Gasteiger partial charge in [-0.25, -0.2) is 0 Å². The number of nitrogens with zero attached hydrogens (tertiary/aromatic N) is 5. The minimum atomic E-state index is 0.129. The Morgan fingerprint density at radius 3 is 3.09 bits per heavy atom. The number of rotatable bonds is 5. The van der Waals surface area contributed by atoms with Crippen LogP contribution in [0.5, 0.6) is 0 Å². The zero-order valence-corrected chi connectivity index (χ0v) is 12.8. The molecule has 0 radical (unpaired) electrons. The summed E-state index contributed by atoms with van der Waals surface area (Å²) in [4.78, 5) is 6.92. The molecule has 2 fully saturated rings.